The summed E-state index contributed by atoms with van der Waals surface area (Å²) >= 11 is 5.89. The Morgan fingerprint density at radius 3 is 2.64 bits per heavy atom. The van der Waals surface area contributed by atoms with Crippen molar-refractivity contribution in [1.82, 2.24) is 5.32 Å². The number of hydrogen-bond acceptors (Lipinski definition) is 5. The van der Waals surface area contributed by atoms with Crippen LogP contribution in [0, 0.1) is 6.92 Å². The molecule has 3 N–H and O–H groups in total. The molecule has 1 atom stereocenters. The van der Waals surface area contributed by atoms with Gasteiger partial charge in [-0.25, -0.2) is 9.59 Å². The first-order valence-electron chi connectivity index (χ1n) is 7.71. The van der Waals surface area contributed by atoms with E-state index in [1.807, 2.05) is 0 Å². The first-order chi connectivity index (χ1) is 11.7. The van der Waals surface area contributed by atoms with Gasteiger partial charge in [-0.2, -0.15) is 0 Å². The number of aliphatic carboxylic acids is 1. The van der Waals surface area contributed by atoms with Gasteiger partial charge in [0, 0.05) is 23.4 Å². The Morgan fingerprint density at radius 1 is 1.36 bits per heavy atom. The van der Waals surface area contributed by atoms with Gasteiger partial charge in [-0.15, -0.1) is 0 Å². The highest BCUT2D eigenvalue weighted by Gasteiger charge is 2.19. The zero-order chi connectivity index (χ0) is 18.7. The molecule has 1 aromatic carbocycles. The zero-order valence-electron chi connectivity index (χ0n) is 13.8. The predicted octanol–water partition coefficient (Wildman–Crippen LogP) is 2.37. The molecule has 2 aromatic rings. The summed E-state index contributed by atoms with van der Waals surface area (Å²) in [7, 11) is 0. The first kappa shape index (κ1) is 18.8. The summed E-state index contributed by atoms with van der Waals surface area (Å²) in [5.74, 6) is -1.76. The normalized spacial score (nSPS) is 12.1. The Bertz CT molecular complexity index is 889. The van der Waals surface area contributed by atoms with Crippen LogP contribution in [0.5, 0.6) is 5.75 Å². The number of fused-ring (bicyclic) bond motifs is 1. The molecule has 0 fully saturated rings. The number of nitrogens with one attached hydrogen (secondary N) is 1. The molecule has 1 heterocycles. The molecule has 0 aliphatic heterocycles. The number of benzene rings is 1. The third-order valence-corrected chi connectivity index (χ3v) is 4.30. The SMILES string of the molecule is CCC(NC(=O)CCc1c(C)c2cc(Cl)c(O)cc2oc1=O)C(=O)O. The number of hydrogen-bond donors (Lipinski definition) is 3. The molecule has 0 aliphatic carbocycles. The van der Waals surface area contributed by atoms with Gasteiger partial charge in [-0.05, 0) is 31.4 Å². The van der Waals surface area contributed by atoms with E-state index in [4.69, 9.17) is 21.1 Å². The molecule has 1 unspecified atom stereocenters. The standard InChI is InChI=1S/C17H18ClNO6/c1-3-12(16(22)23)19-15(21)5-4-9-8(2)10-6-11(18)13(20)7-14(10)25-17(9)24/h6-7,12,20H,3-5H2,1-2H3,(H,19,21)(H,22,23). The highest BCUT2D eigenvalue weighted by atomic mass is 35.5. The molecular formula is C17H18ClNO6. The number of halogens is 1. The van der Waals surface area contributed by atoms with Crippen LogP contribution < -0.4 is 10.9 Å². The molecule has 0 bridgehead atoms. The maximum atomic E-state index is 12.1. The molecule has 0 radical (unpaired) electrons. The fourth-order valence-electron chi connectivity index (χ4n) is 2.53. The minimum atomic E-state index is -1.10. The van der Waals surface area contributed by atoms with Crippen molar-refractivity contribution in [2.75, 3.05) is 0 Å². The molecule has 134 valence electrons. The van der Waals surface area contributed by atoms with E-state index in [-0.39, 0.29) is 35.6 Å². The lowest BCUT2D eigenvalue weighted by Crippen LogP contribution is -2.40. The van der Waals surface area contributed by atoms with E-state index in [0.29, 0.717) is 16.5 Å². The number of phenols is 1. The Hall–Kier alpha value is -2.54. The molecule has 0 saturated heterocycles. The van der Waals surface area contributed by atoms with E-state index in [9.17, 15) is 19.5 Å². The average Bonchev–Trinajstić information content (AvgIpc) is 2.54. The smallest absolute Gasteiger partial charge is 0.339 e. The van der Waals surface area contributed by atoms with Gasteiger partial charge in [-0.3, -0.25) is 4.79 Å². The fourth-order valence-corrected chi connectivity index (χ4v) is 2.69. The molecule has 7 nitrogen and oxygen atoms in total. The van der Waals surface area contributed by atoms with Crippen molar-refractivity contribution < 1.29 is 24.2 Å². The van der Waals surface area contributed by atoms with Crippen LogP contribution in [0.25, 0.3) is 11.0 Å². The fraction of sp³-hybridized carbons (Fsp3) is 0.353. The van der Waals surface area contributed by atoms with E-state index >= 15 is 0 Å². The van der Waals surface area contributed by atoms with Crippen molar-refractivity contribution in [2.24, 2.45) is 0 Å². The number of carbonyl (C=O) groups excluding carboxylic acids is 1. The monoisotopic (exact) mass is 367 g/mol. The van der Waals surface area contributed by atoms with E-state index in [0.717, 1.165) is 0 Å². The van der Waals surface area contributed by atoms with Crippen LogP contribution in [-0.4, -0.2) is 28.1 Å². The van der Waals surface area contributed by atoms with Crippen LogP contribution in [0.15, 0.2) is 21.3 Å². The Kier molecular flexibility index (Phi) is 5.69. The number of rotatable bonds is 6. The number of carboxylic acid groups (broad SMARTS) is 1. The van der Waals surface area contributed by atoms with Crippen molar-refractivity contribution in [1.29, 1.82) is 0 Å². The van der Waals surface area contributed by atoms with Crippen LogP contribution in [-0.2, 0) is 16.0 Å². The highest BCUT2D eigenvalue weighted by Crippen LogP contribution is 2.30. The third-order valence-electron chi connectivity index (χ3n) is 4.00. The van der Waals surface area contributed by atoms with E-state index in [1.54, 1.807) is 13.8 Å². The number of carbonyl (C=O) groups is 2. The molecule has 0 spiro atoms. The quantitative estimate of drug-likeness (QED) is 0.675. The molecule has 25 heavy (non-hydrogen) atoms. The molecule has 0 aliphatic rings. The highest BCUT2D eigenvalue weighted by molar-refractivity contribution is 6.32. The van der Waals surface area contributed by atoms with Crippen molar-refractivity contribution >= 4 is 34.4 Å². The van der Waals surface area contributed by atoms with E-state index in [2.05, 4.69) is 5.32 Å². The lowest BCUT2D eigenvalue weighted by Gasteiger charge is -2.12. The minimum Gasteiger partial charge on any atom is -0.506 e. The van der Waals surface area contributed by atoms with Crippen molar-refractivity contribution in [3.63, 3.8) is 0 Å². The molecule has 1 amide bonds. The summed E-state index contributed by atoms with van der Waals surface area (Å²) < 4.78 is 5.18. The Balaban J connectivity index is 2.24. The van der Waals surface area contributed by atoms with E-state index in [1.165, 1.54) is 12.1 Å². The molecule has 1 aromatic heterocycles. The van der Waals surface area contributed by atoms with Gasteiger partial charge in [0.05, 0.1) is 5.02 Å². The van der Waals surface area contributed by atoms with Crippen LogP contribution in [0.2, 0.25) is 5.02 Å². The third kappa shape index (κ3) is 4.11. The lowest BCUT2D eigenvalue weighted by molar-refractivity contribution is -0.141. The summed E-state index contributed by atoms with van der Waals surface area (Å²) in [6.07, 6.45) is 0.317. The summed E-state index contributed by atoms with van der Waals surface area (Å²) in [6.45, 7) is 3.35. The second-order valence-corrected chi connectivity index (χ2v) is 6.07. The van der Waals surface area contributed by atoms with Crippen LogP contribution in [0.4, 0.5) is 0 Å². The maximum Gasteiger partial charge on any atom is 0.339 e. The van der Waals surface area contributed by atoms with Crippen LogP contribution in [0.3, 0.4) is 0 Å². The molecular weight excluding hydrogens is 350 g/mol. The minimum absolute atomic E-state index is 0.0489. The second kappa shape index (κ2) is 7.57. The zero-order valence-corrected chi connectivity index (χ0v) is 14.5. The summed E-state index contributed by atoms with van der Waals surface area (Å²) in [5, 5.41) is 21.6. The van der Waals surface area contributed by atoms with E-state index < -0.39 is 23.5 Å². The topological polar surface area (TPSA) is 117 Å². The first-order valence-corrected chi connectivity index (χ1v) is 8.09. The number of aryl methyl sites for hydroxylation is 1. The Morgan fingerprint density at radius 2 is 2.04 bits per heavy atom. The largest absolute Gasteiger partial charge is 0.506 e. The van der Waals surface area contributed by atoms with Crippen molar-refractivity contribution in [3.05, 3.63) is 38.7 Å². The number of aromatic hydroxyl groups is 1. The second-order valence-electron chi connectivity index (χ2n) is 5.66. The molecule has 0 saturated carbocycles. The summed E-state index contributed by atoms with van der Waals surface area (Å²) in [6, 6.07) is 1.80. The van der Waals surface area contributed by atoms with Gasteiger partial charge in [-0.1, -0.05) is 18.5 Å². The summed E-state index contributed by atoms with van der Waals surface area (Å²) in [4.78, 5) is 35.0. The van der Waals surface area contributed by atoms with Gasteiger partial charge in [0.15, 0.2) is 0 Å². The lowest BCUT2D eigenvalue weighted by atomic mass is 10.0. The van der Waals surface area contributed by atoms with Crippen LogP contribution >= 0.6 is 11.6 Å². The van der Waals surface area contributed by atoms with Gasteiger partial charge >= 0.3 is 11.6 Å². The predicted molar refractivity (Wildman–Crippen MR) is 92.1 cm³/mol. The van der Waals surface area contributed by atoms with Gasteiger partial charge in [0.2, 0.25) is 5.91 Å². The van der Waals surface area contributed by atoms with Gasteiger partial charge < -0.3 is 19.9 Å². The Labute approximate surface area is 148 Å². The molecule has 8 heteroatoms. The molecule has 2 rings (SSSR count). The number of carboxylic acids is 1. The summed E-state index contributed by atoms with van der Waals surface area (Å²) in [5.41, 5.74) is 0.512. The maximum absolute atomic E-state index is 12.1. The van der Waals surface area contributed by atoms with Gasteiger partial charge in [0.25, 0.3) is 0 Å². The number of phenolic OH excluding ortho intramolecular Hbond substituents is 1. The van der Waals surface area contributed by atoms with Crippen LogP contribution in [0.1, 0.15) is 30.9 Å². The number of amides is 1. The average molecular weight is 368 g/mol. The van der Waals surface area contributed by atoms with Crippen molar-refractivity contribution in [3.8, 4) is 5.75 Å². The van der Waals surface area contributed by atoms with Crippen molar-refractivity contribution in [2.45, 2.75) is 39.2 Å². The van der Waals surface area contributed by atoms with Gasteiger partial charge in [0.1, 0.15) is 17.4 Å².